The second kappa shape index (κ2) is 19.6. The molecule has 0 amide bonds. The molecule has 3 aliphatic rings. The van der Waals surface area contributed by atoms with Gasteiger partial charge in [-0.05, 0) is 94.4 Å². The Morgan fingerprint density at radius 2 is 1.23 bits per heavy atom. The van der Waals surface area contributed by atoms with Gasteiger partial charge in [-0.2, -0.15) is 0 Å². The van der Waals surface area contributed by atoms with Crippen molar-refractivity contribution in [1.82, 2.24) is 0 Å². The van der Waals surface area contributed by atoms with Crippen LogP contribution >= 0.6 is 0 Å². The molecule has 1 unspecified atom stereocenters. The van der Waals surface area contributed by atoms with Crippen LogP contribution in [-0.2, 0) is 60.0 Å². The first-order chi connectivity index (χ1) is 30.0. The van der Waals surface area contributed by atoms with Gasteiger partial charge < -0.3 is 37.6 Å². The summed E-state index contributed by atoms with van der Waals surface area (Å²) in [5.41, 5.74) is 6.80. The topological polar surface area (TPSA) is 73.8 Å². The van der Waals surface area contributed by atoms with Crippen molar-refractivity contribution in [2.45, 2.75) is 114 Å². The minimum atomic E-state index is -2.25. The van der Waals surface area contributed by atoms with Crippen molar-refractivity contribution in [2.75, 3.05) is 33.5 Å². The van der Waals surface area contributed by atoms with Gasteiger partial charge in [0.25, 0.3) is 0 Å². The highest BCUT2D eigenvalue weighted by Gasteiger charge is 2.58. The summed E-state index contributed by atoms with van der Waals surface area (Å²) in [5, 5.41) is -0.0163. The summed E-state index contributed by atoms with van der Waals surface area (Å²) in [6.07, 6.45) is 0.734. The molecule has 1 saturated carbocycles. The van der Waals surface area contributed by atoms with Crippen molar-refractivity contribution >= 4 is 8.32 Å². The summed E-state index contributed by atoms with van der Waals surface area (Å²) in [6, 6.07) is 44.1. The average Bonchev–Trinajstić information content (AvgIpc) is 4.13. The first-order valence-corrected chi connectivity index (χ1v) is 25.2. The number of methoxy groups -OCH3 is 1. The quantitative estimate of drug-likeness (QED) is 0.0807. The summed E-state index contributed by atoms with van der Waals surface area (Å²) in [4.78, 5) is 0. The lowest BCUT2D eigenvalue weighted by molar-refractivity contribution is -0.319. The molecule has 1 aliphatic carbocycles. The van der Waals surface area contributed by atoms with Gasteiger partial charge in [-0.15, -0.1) is 0 Å². The molecule has 2 fully saturated rings. The number of hydrogen-bond donors (Lipinski definition) is 0. The lowest BCUT2D eigenvalue weighted by Gasteiger charge is -2.53. The van der Waals surface area contributed by atoms with Crippen LogP contribution in [0.15, 0.2) is 127 Å². The van der Waals surface area contributed by atoms with Crippen molar-refractivity contribution in [3.63, 3.8) is 0 Å². The van der Waals surface area contributed by atoms with E-state index in [1.165, 1.54) is 24.0 Å². The Morgan fingerprint density at radius 1 is 0.645 bits per heavy atom. The molecule has 0 aromatic heterocycles. The molecule has 0 bridgehead atoms. The molecular formula is C53H64O8Si. The largest absolute Gasteiger partial charge is 0.486 e. The summed E-state index contributed by atoms with van der Waals surface area (Å²) in [5.74, 6) is 2.11. The zero-order chi connectivity index (χ0) is 43.2. The summed E-state index contributed by atoms with van der Waals surface area (Å²) in [7, 11) is -0.510. The van der Waals surface area contributed by atoms with Gasteiger partial charge in [0, 0.05) is 7.11 Å². The third kappa shape index (κ3) is 10.4. The van der Waals surface area contributed by atoms with Crippen LogP contribution in [0.5, 0.6) is 11.5 Å². The van der Waals surface area contributed by atoms with E-state index in [1.807, 2.05) is 60.7 Å². The van der Waals surface area contributed by atoms with Crippen LogP contribution in [0, 0.1) is 0 Å². The van der Waals surface area contributed by atoms with Gasteiger partial charge >= 0.3 is 0 Å². The lowest BCUT2D eigenvalue weighted by Crippen LogP contribution is -2.67. The highest BCUT2D eigenvalue weighted by Crippen LogP contribution is 2.48. The fourth-order valence-corrected chi connectivity index (χ4v) is 9.49. The van der Waals surface area contributed by atoms with Gasteiger partial charge in [-0.3, -0.25) is 0 Å². The zero-order valence-corrected chi connectivity index (χ0v) is 38.3. The standard InChI is InChI=1S/C53H64O8Si/c1-52(2,3)62(5,6)60-36-48-49(57-33-38-16-10-7-11-17-38)50(58-34-39-18-12-8-13-19-39)51(59-35-40-20-14-9-15-21-40)53(61-48,37-54-4)44-25-26-45(42-23-24-42)43(32-44)30-41-22-27-46-47(31-41)56-29-28-55-46/h7-22,25-27,31-32,42,48-51H,23-24,28-30,33-37H2,1-6H3/t48-,49-,50+,51-,53?/m1/s1. The second-order valence-corrected chi connectivity index (χ2v) is 23.4. The predicted octanol–water partition coefficient (Wildman–Crippen LogP) is 10.9. The Labute approximate surface area is 369 Å². The summed E-state index contributed by atoms with van der Waals surface area (Å²) in [6.45, 7) is 14.1. The Hall–Kier alpha value is -4.32. The number of rotatable bonds is 18. The molecule has 5 aromatic carbocycles. The van der Waals surface area contributed by atoms with E-state index in [9.17, 15) is 0 Å². The van der Waals surface area contributed by atoms with Crippen molar-refractivity contribution in [3.05, 3.63) is 166 Å². The van der Waals surface area contributed by atoms with Crippen LogP contribution in [0.1, 0.15) is 78.5 Å². The van der Waals surface area contributed by atoms with Crippen LogP contribution in [0.25, 0.3) is 0 Å². The Kier molecular flexibility index (Phi) is 14.0. The lowest BCUT2D eigenvalue weighted by atomic mass is 9.78. The van der Waals surface area contributed by atoms with Crippen LogP contribution in [-0.4, -0.2) is 66.3 Å². The number of benzene rings is 5. The third-order valence-corrected chi connectivity index (χ3v) is 17.6. The normalized spacial score (nSPS) is 22.7. The van der Waals surface area contributed by atoms with E-state index in [0.717, 1.165) is 45.7 Å². The van der Waals surface area contributed by atoms with Crippen molar-refractivity contribution in [1.29, 1.82) is 0 Å². The average molecular weight is 857 g/mol. The molecule has 8 rings (SSSR count). The monoisotopic (exact) mass is 856 g/mol. The van der Waals surface area contributed by atoms with E-state index in [-0.39, 0.29) is 11.6 Å². The minimum Gasteiger partial charge on any atom is -0.486 e. The van der Waals surface area contributed by atoms with E-state index >= 15 is 0 Å². The molecule has 0 N–H and O–H groups in total. The van der Waals surface area contributed by atoms with Crippen LogP contribution in [0.4, 0.5) is 0 Å². The van der Waals surface area contributed by atoms with E-state index < -0.39 is 38.3 Å². The fourth-order valence-electron chi connectivity index (χ4n) is 8.48. The predicted molar refractivity (Wildman–Crippen MR) is 245 cm³/mol. The summed E-state index contributed by atoms with van der Waals surface area (Å²) >= 11 is 0. The van der Waals surface area contributed by atoms with Crippen LogP contribution in [0.3, 0.4) is 0 Å². The molecule has 2 aliphatic heterocycles. The van der Waals surface area contributed by atoms with Crippen molar-refractivity contribution < 1.29 is 37.6 Å². The fraction of sp³-hybridized carbons (Fsp3) is 0.434. The van der Waals surface area contributed by atoms with Crippen molar-refractivity contribution in [2.24, 2.45) is 0 Å². The molecule has 8 nitrogen and oxygen atoms in total. The molecular weight excluding hydrogens is 793 g/mol. The highest BCUT2D eigenvalue weighted by atomic mass is 28.4. The zero-order valence-electron chi connectivity index (χ0n) is 37.3. The van der Waals surface area contributed by atoms with E-state index in [1.54, 1.807) is 7.11 Å². The van der Waals surface area contributed by atoms with Gasteiger partial charge in [-0.1, -0.05) is 136 Å². The molecule has 9 heteroatoms. The van der Waals surface area contributed by atoms with Gasteiger partial charge in [-0.25, -0.2) is 0 Å². The minimum absolute atomic E-state index is 0.0163. The van der Waals surface area contributed by atoms with Crippen LogP contribution < -0.4 is 9.47 Å². The molecule has 5 atom stereocenters. The van der Waals surface area contributed by atoms with E-state index in [4.69, 9.17) is 37.6 Å². The molecule has 62 heavy (non-hydrogen) atoms. The summed E-state index contributed by atoms with van der Waals surface area (Å²) < 4.78 is 54.5. The Balaban J connectivity index is 1.26. The van der Waals surface area contributed by atoms with Gasteiger partial charge in [0.05, 0.1) is 33.0 Å². The molecule has 328 valence electrons. The van der Waals surface area contributed by atoms with E-state index in [0.29, 0.717) is 45.6 Å². The Bertz CT molecular complexity index is 2190. The SMILES string of the molecule is COCC1(c2ccc(C3CC3)c(Cc3ccc4c(c3)OCCO4)c2)O[C@H](CO[Si](C)(C)C(C)(C)C)[C@@H](OCc2ccccc2)[C@H](OCc2ccccc2)[C@H]1OCc1ccccc1. The first-order valence-electron chi connectivity index (χ1n) is 22.3. The van der Waals surface area contributed by atoms with Gasteiger partial charge in [0.2, 0.25) is 0 Å². The molecule has 1 saturated heterocycles. The number of hydrogen-bond acceptors (Lipinski definition) is 8. The molecule has 0 spiro atoms. The Morgan fingerprint density at radius 3 is 1.81 bits per heavy atom. The third-order valence-electron chi connectivity index (χ3n) is 13.1. The second-order valence-electron chi connectivity index (χ2n) is 18.6. The number of fused-ring (bicyclic) bond motifs is 1. The van der Waals surface area contributed by atoms with Gasteiger partial charge in [0.1, 0.15) is 43.2 Å². The van der Waals surface area contributed by atoms with Crippen molar-refractivity contribution in [3.8, 4) is 11.5 Å². The molecule has 0 radical (unpaired) electrons. The maximum atomic E-state index is 7.69. The maximum absolute atomic E-state index is 7.69. The molecule has 2 heterocycles. The highest BCUT2D eigenvalue weighted by molar-refractivity contribution is 6.74. The van der Waals surface area contributed by atoms with E-state index in [2.05, 4.69) is 101 Å². The first kappa shape index (κ1) is 44.3. The van der Waals surface area contributed by atoms with Gasteiger partial charge in [0.15, 0.2) is 19.8 Å². The van der Waals surface area contributed by atoms with Crippen LogP contribution in [0.2, 0.25) is 18.1 Å². The maximum Gasteiger partial charge on any atom is 0.192 e. The molecule has 5 aromatic rings. The number of ether oxygens (including phenoxy) is 7. The smallest absolute Gasteiger partial charge is 0.192 e.